The monoisotopic (exact) mass is 241 g/mol. The maximum absolute atomic E-state index is 11.7. The molecule has 1 aliphatic carbocycles. The number of carbonyl (C=O) groups is 1. The van der Waals surface area contributed by atoms with Gasteiger partial charge in [0.25, 0.3) is 0 Å². The van der Waals surface area contributed by atoms with Crippen LogP contribution in [0.4, 0.5) is 10.5 Å². The lowest BCUT2D eigenvalue weighted by atomic mass is 9.93. The van der Waals surface area contributed by atoms with E-state index in [-0.39, 0.29) is 6.03 Å². The van der Waals surface area contributed by atoms with Crippen LogP contribution in [0.25, 0.3) is 10.9 Å². The van der Waals surface area contributed by atoms with Crippen LogP contribution in [0, 0.1) is 0 Å². The van der Waals surface area contributed by atoms with E-state index < -0.39 is 0 Å². The van der Waals surface area contributed by atoms with Gasteiger partial charge in [-0.15, -0.1) is 0 Å². The first-order valence-corrected chi connectivity index (χ1v) is 6.23. The molecule has 4 heteroatoms. The number of fused-ring (bicyclic) bond motifs is 1. The number of amides is 2. The molecule has 1 aliphatic rings. The molecular formula is C14H15N3O. The van der Waals surface area contributed by atoms with Crippen molar-refractivity contribution in [2.45, 2.75) is 25.3 Å². The molecule has 2 amide bonds. The summed E-state index contributed by atoms with van der Waals surface area (Å²) in [5.41, 5.74) is 1.73. The summed E-state index contributed by atoms with van der Waals surface area (Å²) in [5.74, 6) is 0. The second-order valence-corrected chi connectivity index (χ2v) is 4.64. The number of anilines is 1. The molecule has 1 aromatic heterocycles. The first-order chi connectivity index (χ1) is 8.81. The van der Waals surface area contributed by atoms with Crippen LogP contribution in [0.3, 0.4) is 0 Å². The topological polar surface area (TPSA) is 54.0 Å². The molecule has 0 bridgehead atoms. The number of urea groups is 1. The third kappa shape index (κ3) is 2.27. The summed E-state index contributed by atoms with van der Waals surface area (Å²) < 4.78 is 0. The number of rotatable bonds is 2. The van der Waals surface area contributed by atoms with Gasteiger partial charge in [-0.1, -0.05) is 6.07 Å². The standard InChI is InChI=1S/C14H15N3O/c18-14(16-11-4-1-5-11)17-12-6-7-13-10(9-12)3-2-8-15-13/h2-3,6-9,11H,1,4-5H2,(H2,16,17,18). The minimum atomic E-state index is -0.122. The van der Waals surface area contributed by atoms with Crippen LogP contribution in [-0.4, -0.2) is 17.1 Å². The van der Waals surface area contributed by atoms with Crippen molar-refractivity contribution in [1.29, 1.82) is 0 Å². The van der Waals surface area contributed by atoms with Gasteiger partial charge in [0.2, 0.25) is 0 Å². The zero-order chi connectivity index (χ0) is 12.4. The molecule has 0 atom stereocenters. The first kappa shape index (κ1) is 11.0. The van der Waals surface area contributed by atoms with E-state index in [0.717, 1.165) is 29.4 Å². The molecule has 0 unspecified atom stereocenters. The smallest absolute Gasteiger partial charge is 0.319 e. The van der Waals surface area contributed by atoms with Crippen LogP contribution < -0.4 is 10.6 Å². The van der Waals surface area contributed by atoms with Gasteiger partial charge in [0, 0.05) is 23.3 Å². The van der Waals surface area contributed by atoms with Crippen molar-refractivity contribution in [2.75, 3.05) is 5.32 Å². The molecule has 1 saturated carbocycles. The zero-order valence-electron chi connectivity index (χ0n) is 10.0. The molecule has 0 radical (unpaired) electrons. The normalized spacial score (nSPS) is 15.1. The van der Waals surface area contributed by atoms with Crippen molar-refractivity contribution in [3.8, 4) is 0 Å². The zero-order valence-corrected chi connectivity index (χ0v) is 10.0. The van der Waals surface area contributed by atoms with E-state index in [4.69, 9.17) is 0 Å². The van der Waals surface area contributed by atoms with Gasteiger partial charge in [-0.05, 0) is 43.5 Å². The van der Waals surface area contributed by atoms with Crippen molar-refractivity contribution in [1.82, 2.24) is 10.3 Å². The minimum absolute atomic E-state index is 0.122. The third-order valence-electron chi connectivity index (χ3n) is 3.30. The molecule has 1 heterocycles. The fourth-order valence-corrected chi connectivity index (χ4v) is 2.06. The molecule has 1 fully saturated rings. The predicted octanol–water partition coefficient (Wildman–Crippen LogP) is 2.91. The van der Waals surface area contributed by atoms with Crippen molar-refractivity contribution < 1.29 is 4.79 Å². The predicted molar refractivity (Wildman–Crippen MR) is 71.5 cm³/mol. The maximum atomic E-state index is 11.7. The quantitative estimate of drug-likeness (QED) is 0.849. The van der Waals surface area contributed by atoms with Crippen LogP contribution in [0.5, 0.6) is 0 Å². The fourth-order valence-electron chi connectivity index (χ4n) is 2.06. The first-order valence-electron chi connectivity index (χ1n) is 6.23. The van der Waals surface area contributed by atoms with Crippen LogP contribution in [0.2, 0.25) is 0 Å². The van der Waals surface area contributed by atoms with Gasteiger partial charge in [-0.2, -0.15) is 0 Å². The Kier molecular flexibility index (Phi) is 2.84. The highest BCUT2D eigenvalue weighted by Gasteiger charge is 2.19. The number of pyridine rings is 1. The second-order valence-electron chi connectivity index (χ2n) is 4.64. The lowest BCUT2D eigenvalue weighted by molar-refractivity contribution is 0.240. The number of hydrogen-bond acceptors (Lipinski definition) is 2. The Morgan fingerprint density at radius 1 is 1.28 bits per heavy atom. The summed E-state index contributed by atoms with van der Waals surface area (Å²) in [6.07, 6.45) is 5.16. The van der Waals surface area contributed by atoms with Crippen molar-refractivity contribution in [3.05, 3.63) is 36.5 Å². The Hall–Kier alpha value is -2.10. The molecule has 0 spiro atoms. The number of nitrogens with zero attached hydrogens (tertiary/aromatic N) is 1. The Labute approximate surface area is 105 Å². The number of carbonyl (C=O) groups excluding carboxylic acids is 1. The number of benzene rings is 1. The second kappa shape index (κ2) is 4.64. The van der Waals surface area contributed by atoms with E-state index in [1.165, 1.54) is 6.42 Å². The van der Waals surface area contributed by atoms with E-state index in [1.807, 2.05) is 30.3 Å². The van der Waals surface area contributed by atoms with Gasteiger partial charge in [-0.25, -0.2) is 4.79 Å². The molecule has 1 aromatic carbocycles. The molecule has 0 saturated heterocycles. The summed E-state index contributed by atoms with van der Waals surface area (Å²) in [6, 6.07) is 9.82. The summed E-state index contributed by atoms with van der Waals surface area (Å²) in [4.78, 5) is 16.0. The van der Waals surface area contributed by atoms with Gasteiger partial charge in [-0.3, -0.25) is 4.98 Å². The van der Waals surface area contributed by atoms with Gasteiger partial charge >= 0.3 is 6.03 Å². The molecule has 4 nitrogen and oxygen atoms in total. The lowest BCUT2D eigenvalue weighted by Crippen LogP contribution is -2.41. The van der Waals surface area contributed by atoms with Crippen molar-refractivity contribution in [3.63, 3.8) is 0 Å². The fraction of sp³-hybridized carbons (Fsp3) is 0.286. The summed E-state index contributed by atoms with van der Waals surface area (Å²) in [7, 11) is 0. The van der Waals surface area contributed by atoms with Gasteiger partial charge in [0.15, 0.2) is 0 Å². The van der Waals surface area contributed by atoms with Crippen LogP contribution in [-0.2, 0) is 0 Å². The van der Waals surface area contributed by atoms with Gasteiger partial charge in [0.1, 0.15) is 0 Å². The maximum Gasteiger partial charge on any atom is 0.319 e. The lowest BCUT2D eigenvalue weighted by Gasteiger charge is -2.26. The number of hydrogen-bond donors (Lipinski definition) is 2. The SMILES string of the molecule is O=C(Nc1ccc2ncccc2c1)NC1CCC1. The van der Waals surface area contributed by atoms with E-state index in [9.17, 15) is 4.79 Å². The Balaban J connectivity index is 1.71. The van der Waals surface area contributed by atoms with Crippen molar-refractivity contribution >= 4 is 22.6 Å². The molecular weight excluding hydrogens is 226 g/mol. The molecule has 0 aliphatic heterocycles. The van der Waals surface area contributed by atoms with Crippen molar-refractivity contribution in [2.24, 2.45) is 0 Å². The number of nitrogens with one attached hydrogen (secondary N) is 2. The highest BCUT2D eigenvalue weighted by Crippen LogP contribution is 2.19. The molecule has 3 rings (SSSR count). The molecule has 92 valence electrons. The highest BCUT2D eigenvalue weighted by molar-refractivity contribution is 5.92. The van der Waals surface area contributed by atoms with E-state index in [2.05, 4.69) is 15.6 Å². The van der Waals surface area contributed by atoms with E-state index in [1.54, 1.807) is 6.20 Å². The van der Waals surface area contributed by atoms with Crippen LogP contribution >= 0.6 is 0 Å². The number of aromatic nitrogens is 1. The summed E-state index contributed by atoms with van der Waals surface area (Å²) in [6.45, 7) is 0. The highest BCUT2D eigenvalue weighted by atomic mass is 16.2. The molecule has 2 aromatic rings. The average Bonchev–Trinajstić information content (AvgIpc) is 2.34. The average molecular weight is 241 g/mol. The Morgan fingerprint density at radius 3 is 2.94 bits per heavy atom. The summed E-state index contributed by atoms with van der Waals surface area (Å²) in [5, 5.41) is 6.83. The summed E-state index contributed by atoms with van der Waals surface area (Å²) >= 11 is 0. The van der Waals surface area contributed by atoms with Crippen LogP contribution in [0.15, 0.2) is 36.5 Å². The molecule has 18 heavy (non-hydrogen) atoms. The third-order valence-corrected chi connectivity index (χ3v) is 3.30. The van der Waals surface area contributed by atoms with Gasteiger partial charge < -0.3 is 10.6 Å². The Bertz CT molecular complexity index is 578. The van der Waals surface area contributed by atoms with E-state index in [0.29, 0.717) is 6.04 Å². The largest absolute Gasteiger partial charge is 0.335 e. The minimum Gasteiger partial charge on any atom is -0.335 e. The van der Waals surface area contributed by atoms with Crippen LogP contribution in [0.1, 0.15) is 19.3 Å². The Morgan fingerprint density at radius 2 is 2.17 bits per heavy atom. The molecule has 2 N–H and O–H groups in total. The van der Waals surface area contributed by atoms with Gasteiger partial charge in [0.05, 0.1) is 5.52 Å². The van der Waals surface area contributed by atoms with E-state index >= 15 is 0 Å².